The lowest BCUT2D eigenvalue weighted by Crippen LogP contribution is -2.00. The molecule has 262 valence electrons. The van der Waals surface area contributed by atoms with Crippen LogP contribution in [-0.4, -0.2) is 24.9 Å². The Morgan fingerprint density at radius 3 is 1.09 bits per heavy atom. The summed E-state index contributed by atoms with van der Waals surface area (Å²) < 4.78 is 0. The van der Waals surface area contributed by atoms with Gasteiger partial charge in [-0.05, 0) is 46.5 Å². The first-order valence-corrected chi connectivity index (χ1v) is 18.3. The van der Waals surface area contributed by atoms with Crippen molar-refractivity contribution in [1.82, 2.24) is 24.9 Å². The van der Waals surface area contributed by atoms with E-state index in [1.165, 1.54) is 0 Å². The molecule has 6 nitrogen and oxygen atoms in total. The number of aromatic nitrogens is 5. The second-order valence-corrected chi connectivity index (χ2v) is 13.3. The summed E-state index contributed by atoms with van der Waals surface area (Å²) in [7, 11) is 0. The summed E-state index contributed by atoms with van der Waals surface area (Å²) in [4.78, 5) is 24.8. The standard InChI is InChI=1S/C50H32N6/c51-33-34-19-21-35(22-20-34)36-23-27-41(28-24-36)47-52-45(38-11-4-1-5-12-38)32-46(53-47)44-18-10-17-43(31-44)37-25-29-42(30-26-37)50-55-48(39-13-6-2-7-14-39)54-49(56-50)40-15-8-3-9-16-40/h1-32H. The highest BCUT2D eigenvalue weighted by Crippen LogP contribution is 2.32. The average molecular weight is 717 g/mol. The van der Waals surface area contributed by atoms with Gasteiger partial charge in [-0.1, -0.05) is 170 Å². The van der Waals surface area contributed by atoms with Crippen molar-refractivity contribution in [3.63, 3.8) is 0 Å². The lowest BCUT2D eigenvalue weighted by Gasteiger charge is -2.11. The van der Waals surface area contributed by atoms with E-state index in [1.807, 2.05) is 103 Å². The Labute approximate surface area is 325 Å². The lowest BCUT2D eigenvalue weighted by atomic mass is 9.99. The molecule has 0 saturated carbocycles. The smallest absolute Gasteiger partial charge is 0.164 e. The summed E-state index contributed by atoms with van der Waals surface area (Å²) in [6.07, 6.45) is 0. The molecule has 2 heterocycles. The number of hydrogen-bond donors (Lipinski definition) is 0. The van der Waals surface area contributed by atoms with Crippen molar-refractivity contribution in [3.05, 3.63) is 200 Å². The lowest BCUT2D eigenvalue weighted by molar-refractivity contribution is 1.07. The van der Waals surface area contributed by atoms with E-state index >= 15 is 0 Å². The zero-order chi connectivity index (χ0) is 37.7. The highest BCUT2D eigenvalue weighted by Gasteiger charge is 2.14. The van der Waals surface area contributed by atoms with Crippen LogP contribution in [0.2, 0.25) is 0 Å². The molecule has 9 aromatic rings. The molecule has 0 N–H and O–H groups in total. The third-order valence-electron chi connectivity index (χ3n) is 9.62. The normalized spacial score (nSPS) is 10.8. The number of nitriles is 1. The molecule has 2 aromatic heterocycles. The molecular weight excluding hydrogens is 685 g/mol. The van der Waals surface area contributed by atoms with Gasteiger partial charge in [-0.3, -0.25) is 0 Å². The van der Waals surface area contributed by atoms with Crippen LogP contribution in [0.4, 0.5) is 0 Å². The maximum atomic E-state index is 9.20. The molecule has 0 aliphatic rings. The van der Waals surface area contributed by atoms with Gasteiger partial charge in [-0.25, -0.2) is 24.9 Å². The molecule has 0 bridgehead atoms. The molecule has 0 amide bonds. The first-order chi connectivity index (χ1) is 27.7. The van der Waals surface area contributed by atoms with E-state index in [0.29, 0.717) is 28.9 Å². The Balaban J connectivity index is 1.05. The molecule has 0 aliphatic heterocycles. The first kappa shape index (κ1) is 33.9. The van der Waals surface area contributed by atoms with Gasteiger partial charge in [0.2, 0.25) is 0 Å². The van der Waals surface area contributed by atoms with Gasteiger partial charge in [0.1, 0.15) is 0 Å². The van der Waals surface area contributed by atoms with Gasteiger partial charge in [-0.2, -0.15) is 5.26 Å². The molecule has 0 spiro atoms. The summed E-state index contributed by atoms with van der Waals surface area (Å²) in [5.41, 5.74) is 12.2. The number of rotatable bonds is 8. The fourth-order valence-corrected chi connectivity index (χ4v) is 6.64. The van der Waals surface area contributed by atoms with Crippen LogP contribution in [0.5, 0.6) is 0 Å². The monoisotopic (exact) mass is 716 g/mol. The van der Waals surface area contributed by atoms with Crippen LogP contribution in [0.1, 0.15) is 5.56 Å². The van der Waals surface area contributed by atoms with Crippen LogP contribution in [0.3, 0.4) is 0 Å². The fraction of sp³-hybridized carbons (Fsp3) is 0. The zero-order valence-corrected chi connectivity index (χ0v) is 30.2. The molecule has 9 rings (SSSR count). The quantitative estimate of drug-likeness (QED) is 0.156. The molecule has 0 aliphatic carbocycles. The Morgan fingerprint density at radius 1 is 0.268 bits per heavy atom. The first-order valence-electron chi connectivity index (χ1n) is 18.3. The van der Waals surface area contributed by atoms with Crippen molar-refractivity contribution in [3.8, 4) is 96.4 Å². The largest absolute Gasteiger partial charge is 0.228 e. The highest BCUT2D eigenvalue weighted by atomic mass is 15.0. The second-order valence-electron chi connectivity index (χ2n) is 13.3. The molecule has 0 atom stereocenters. The number of benzene rings is 7. The third-order valence-corrected chi connectivity index (χ3v) is 9.62. The minimum atomic E-state index is 0.616. The molecule has 56 heavy (non-hydrogen) atoms. The van der Waals surface area contributed by atoms with Crippen LogP contribution in [0, 0.1) is 11.3 Å². The van der Waals surface area contributed by atoms with E-state index in [0.717, 1.165) is 67.0 Å². The van der Waals surface area contributed by atoms with E-state index in [9.17, 15) is 5.26 Å². The number of nitrogens with zero attached hydrogens (tertiary/aromatic N) is 6. The molecule has 6 heteroatoms. The summed E-state index contributed by atoms with van der Waals surface area (Å²) in [6, 6.07) is 67.1. The average Bonchev–Trinajstić information content (AvgIpc) is 3.30. The van der Waals surface area contributed by atoms with E-state index < -0.39 is 0 Å². The van der Waals surface area contributed by atoms with E-state index in [4.69, 9.17) is 24.9 Å². The van der Waals surface area contributed by atoms with Crippen LogP contribution in [0.15, 0.2) is 194 Å². The predicted molar refractivity (Wildman–Crippen MR) is 224 cm³/mol. The topological polar surface area (TPSA) is 88.2 Å². The third kappa shape index (κ3) is 7.21. The van der Waals surface area contributed by atoms with Crippen LogP contribution in [0.25, 0.3) is 90.3 Å². The molecule has 0 unspecified atom stereocenters. The molecule has 0 fully saturated rings. The Morgan fingerprint density at radius 2 is 0.607 bits per heavy atom. The molecule has 0 saturated heterocycles. The van der Waals surface area contributed by atoms with Crippen LogP contribution in [-0.2, 0) is 0 Å². The summed E-state index contributed by atoms with van der Waals surface area (Å²) >= 11 is 0. The Hall–Kier alpha value is -7.88. The van der Waals surface area contributed by atoms with Crippen LogP contribution >= 0.6 is 0 Å². The predicted octanol–water partition coefficient (Wildman–Crippen LogP) is 11.9. The van der Waals surface area contributed by atoms with Gasteiger partial charge in [-0.15, -0.1) is 0 Å². The van der Waals surface area contributed by atoms with Gasteiger partial charge in [0, 0.05) is 33.4 Å². The summed E-state index contributed by atoms with van der Waals surface area (Å²) in [6.45, 7) is 0. The Kier molecular flexibility index (Phi) is 9.23. The maximum Gasteiger partial charge on any atom is 0.164 e. The van der Waals surface area contributed by atoms with Crippen molar-refractivity contribution in [1.29, 1.82) is 5.26 Å². The SMILES string of the molecule is N#Cc1ccc(-c2ccc(-c3nc(-c4ccccc4)cc(-c4cccc(-c5ccc(-c6nc(-c7ccccc7)nc(-c7ccccc7)n6)cc5)c4)n3)cc2)cc1. The molecular formula is C50H32N6. The van der Waals surface area contributed by atoms with Crippen molar-refractivity contribution >= 4 is 0 Å². The molecule has 7 aromatic carbocycles. The van der Waals surface area contributed by atoms with Gasteiger partial charge in [0.05, 0.1) is 23.0 Å². The van der Waals surface area contributed by atoms with Crippen molar-refractivity contribution in [2.75, 3.05) is 0 Å². The van der Waals surface area contributed by atoms with E-state index in [1.54, 1.807) is 0 Å². The number of hydrogen-bond acceptors (Lipinski definition) is 6. The summed E-state index contributed by atoms with van der Waals surface area (Å²) in [5.74, 6) is 2.52. The van der Waals surface area contributed by atoms with Crippen molar-refractivity contribution < 1.29 is 0 Å². The van der Waals surface area contributed by atoms with E-state index in [2.05, 4.69) is 97.1 Å². The Bertz CT molecular complexity index is 2760. The minimum absolute atomic E-state index is 0.616. The zero-order valence-electron chi connectivity index (χ0n) is 30.2. The highest BCUT2D eigenvalue weighted by molar-refractivity contribution is 5.77. The second kappa shape index (κ2) is 15.2. The van der Waals surface area contributed by atoms with Gasteiger partial charge in [0.15, 0.2) is 23.3 Å². The van der Waals surface area contributed by atoms with Crippen molar-refractivity contribution in [2.24, 2.45) is 0 Å². The summed E-state index contributed by atoms with van der Waals surface area (Å²) in [5, 5.41) is 9.20. The fourth-order valence-electron chi connectivity index (χ4n) is 6.64. The van der Waals surface area contributed by atoms with Crippen LogP contribution < -0.4 is 0 Å². The van der Waals surface area contributed by atoms with Gasteiger partial charge in [0.25, 0.3) is 0 Å². The minimum Gasteiger partial charge on any atom is -0.228 e. The van der Waals surface area contributed by atoms with Gasteiger partial charge < -0.3 is 0 Å². The molecule has 0 radical (unpaired) electrons. The van der Waals surface area contributed by atoms with Crippen molar-refractivity contribution in [2.45, 2.75) is 0 Å². The maximum absolute atomic E-state index is 9.20. The van der Waals surface area contributed by atoms with Gasteiger partial charge >= 0.3 is 0 Å². The van der Waals surface area contributed by atoms with E-state index in [-0.39, 0.29) is 0 Å².